The van der Waals surface area contributed by atoms with Gasteiger partial charge in [0.2, 0.25) is 0 Å². The molecule has 0 aliphatic heterocycles. The molecule has 7 rings (SSSR count). The summed E-state index contributed by atoms with van der Waals surface area (Å²) in [5.41, 5.74) is 5.20. The van der Waals surface area contributed by atoms with Gasteiger partial charge >= 0.3 is 12.1 Å². The Labute approximate surface area is 380 Å². The smallest absolute Gasteiger partial charge is 0.410 e. The highest BCUT2D eigenvalue weighted by molar-refractivity contribution is 6.30. The second kappa shape index (κ2) is 20.4. The first-order chi connectivity index (χ1) is 30.2. The number of fused-ring (bicyclic) bond motifs is 3. The van der Waals surface area contributed by atoms with Crippen molar-refractivity contribution in [3.8, 4) is 11.5 Å². The molecule has 1 spiro atoms. The molecule has 1 amide bonds. The van der Waals surface area contributed by atoms with Gasteiger partial charge in [-0.15, -0.1) is 0 Å². The van der Waals surface area contributed by atoms with Crippen LogP contribution in [0, 0.1) is 11.8 Å². The number of aliphatic carboxylic acids is 1. The highest BCUT2D eigenvalue weighted by Crippen LogP contribution is 2.57. The van der Waals surface area contributed by atoms with Gasteiger partial charge in [-0.05, 0) is 180 Å². The van der Waals surface area contributed by atoms with Gasteiger partial charge in [-0.25, -0.2) is 9.59 Å². The summed E-state index contributed by atoms with van der Waals surface area (Å²) in [6.07, 6.45) is 12.6. The van der Waals surface area contributed by atoms with E-state index in [1.807, 2.05) is 68.3 Å². The van der Waals surface area contributed by atoms with Crippen molar-refractivity contribution in [1.29, 1.82) is 0 Å². The normalized spacial score (nSPS) is 22.1. The van der Waals surface area contributed by atoms with Crippen molar-refractivity contribution in [1.82, 2.24) is 9.88 Å². The number of carbonyl (C=O) groups is 2. The highest BCUT2D eigenvalue weighted by Gasteiger charge is 2.54. The number of nitrogens with one attached hydrogen (secondary N) is 1. The minimum atomic E-state index is -1.10. The van der Waals surface area contributed by atoms with Crippen LogP contribution in [0.2, 0.25) is 5.02 Å². The Balaban J connectivity index is 1.03. The maximum absolute atomic E-state index is 13.2. The van der Waals surface area contributed by atoms with Crippen LogP contribution in [0.25, 0.3) is 0 Å². The van der Waals surface area contributed by atoms with Crippen molar-refractivity contribution < 1.29 is 28.9 Å². The molecular formula is C53H68ClN3O6. The average Bonchev–Trinajstić information content (AvgIpc) is 3.53. The van der Waals surface area contributed by atoms with Gasteiger partial charge in [-0.1, -0.05) is 67.9 Å². The summed E-state index contributed by atoms with van der Waals surface area (Å²) in [4.78, 5) is 32.9. The Morgan fingerprint density at radius 1 is 0.952 bits per heavy atom. The van der Waals surface area contributed by atoms with Crippen LogP contribution in [0.1, 0.15) is 133 Å². The zero-order valence-electron chi connectivity index (χ0n) is 38.1. The monoisotopic (exact) mass is 877 g/mol. The van der Waals surface area contributed by atoms with Gasteiger partial charge in [-0.3, -0.25) is 4.98 Å². The summed E-state index contributed by atoms with van der Waals surface area (Å²) < 4.78 is 18.9. The summed E-state index contributed by atoms with van der Waals surface area (Å²) >= 11 is 6.34. The number of anilines is 1. The Morgan fingerprint density at radius 2 is 1.73 bits per heavy atom. The molecule has 2 N–H and O–H groups in total. The fraction of sp³-hybridized carbons (Fsp3) is 0.528. The number of aromatic nitrogens is 1. The van der Waals surface area contributed by atoms with E-state index in [2.05, 4.69) is 54.5 Å². The summed E-state index contributed by atoms with van der Waals surface area (Å²) in [5.74, 6) is 2.03. The average molecular weight is 879 g/mol. The molecule has 9 nitrogen and oxygen atoms in total. The minimum absolute atomic E-state index is 0.198. The molecule has 3 atom stereocenters. The van der Waals surface area contributed by atoms with Gasteiger partial charge < -0.3 is 29.5 Å². The minimum Gasteiger partial charge on any atom is -0.494 e. The van der Waals surface area contributed by atoms with Crippen LogP contribution in [0.3, 0.4) is 0 Å². The fourth-order valence-corrected chi connectivity index (χ4v) is 10.7. The lowest BCUT2D eigenvalue weighted by Crippen LogP contribution is -2.53. The molecule has 3 aromatic carbocycles. The van der Waals surface area contributed by atoms with Gasteiger partial charge in [0.25, 0.3) is 0 Å². The summed E-state index contributed by atoms with van der Waals surface area (Å²) in [7, 11) is 0. The number of halogens is 1. The number of pyridine rings is 1. The fourth-order valence-electron chi connectivity index (χ4n) is 10.5. The zero-order chi connectivity index (χ0) is 44.6. The van der Waals surface area contributed by atoms with Crippen molar-refractivity contribution in [2.24, 2.45) is 11.8 Å². The number of ether oxygens (including phenoxy) is 3. The lowest BCUT2D eigenvalue weighted by molar-refractivity contribution is -0.144. The van der Waals surface area contributed by atoms with Crippen molar-refractivity contribution in [3.05, 3.63) is 118 Å². The number of benzene rings is 3. The van der Waals surface area contributed by atoms with Gasteiger partial charge in [0.15, 0.2) is 0 Å². The third-order valence-corrected chi connectivity index (χ3v) is 14.0. The number of hydrogen-bond donors (Lipinski definition) is 2. The number of aryl methyl sites for hydroxylation is 2. The van der Waals surface area contributed by atoms with E-state index < -0.39 is 17.1 Å². The SMILES string of the molecule is C[C@@H](COc1ccnc2c1[C@H](C)CCC2)CC1Cc2ccc(OCCCCN(CCCc3ccccc3)C(=O)OC(C)(C)C)cc2C12CCC(Nc1cccc(Cl)c1)(C(=O)O)CC2. The van der Waals surface area contributed by atoms with Crippen LogP contribution in [-0.4, -0.2) is 64.5 Å². The Kier molecular flexibility index (Phi) is 15.0. The molecule has 10 heteroatoms. The maximum Gasteiger partial charge on any atom is 0.410 e. The summed E-state index contributed by atoms with van der Waals surface area (Å²) in [6, 6.07) is 26.3. The topological polar surface area (TPSA) is 110 Å². The van der Waals surface area contributed by atoms with Crippen LogP contribution in [-0.2, 0) is 34.2 Å². The molecule has 1 fully saturated rings. The molecule has 1 unspecified atom stereocenters. The molecule has 3 aliphatic carbocycles. The number of rotatable bonds is 18. The maximum atomic E-state index is 13.2. The quantitative estimate of drug-likeness (QED) is 0.0951. The molecule has 1 aromatic heterocycles. The van der Waals surface area contributed by atoms with Gasteiger partial charge in [0, 0.05) is 41.3 Å². The van der Waals surface area contributed by atoms with Crippen LogP contribution >= 0.6 is 11.6 Å². The van der Waals surface area contributed by atoms with Crippen molar-refractivity contribution >= 4 is 29.4 Å². The van der Waals surface area contributed by atoms with Crippen LogP contribution < -0.4 is 14.8 Å². The first-order valence-electron chi connectivity index (χ1n) is 23.4. The van der Waals surface area contributed by atoms with E-state index in [1.165, 1.54) is 34.4 Å². The molecular weight excluding hydrogens is 810 g/mol. The second-order valence-corrected chi connectivity index (χ2v) is 20.1. The number of unbranched alkanes of at least 4 members (excludes halogenated alkanes) is 1. The summed E-state index contributed by atoms with van der Waals surface area (Å²) in [6.45, 7) is 12.7. The number of carboxylic acid groups (broad SMARTS) is 1. The molecule has 4 aromatic rings. The predicted molar refractivity (Wildman–Crippen MR) is 251 cm³/mol. The third-order valence-electron chi connectivity index (χ3n) is 13.7. The standard InChI is InChI=1S/C53H68ClN3O6/c1-37(36-62-47-23-28-55-46-20-11-14-38(2)48(46)47)32-41-33-40-21-22-44(35-45(40)52(41)24-26-53(27-25-52,49(58)59)56-43-19-12-18-42(54)34-43)61-31-10-9-29-57(50(60)63-51(3,4)5)30-13-17-39-15-7-6-8-16-39/h6-8,12,15-16,18-19,21-23,28,34-35,37-38,41,56H,9-11,13-14,17,20,24-27,29-33,36H2,1-5H3,(H,58,59)/t37-,38-,41?,52?,53?/m1/s1. The lowest BCUT2D eigenvalue weighted by Gasteiger charge is -2.47. The van der Waals surface area contributed by atoms with Gasteiger partial charge in [-0.2, -0.15) is 0 Å². The molecule has 0 radical (unpaired) electrons. The number of amides is 1. The number of nitrogens with zero attached hydrogens (tertiary/aromatic N) is 2. The van der Waals surface area contributed by atoms with E-state index in [0.717, 1.165) is 81.4 Å². The Hall–Kier alpha value is -4.76. The van der Waals surface area contributed by atoms with E-state index in [1.54, 1.807) is 12.1 Å². The summed E-state index contributed by atoms with van der Waals surface area (Å²) in [5, 5.41) is 14.8. The Morgan fingerprint density at radius 3 is 2.48 bits per heavy atom. The second-order valence-electron chi connectivity index (χ2n) is 19.6. The number of carbonyl (C=O) groups excluding carboxylic acids is 1. The number of hydrogen-bond acceptors (Lipinski definition) is 7. The zero-order valence-corrected chi connectivity index (χ0v) is 38.9. The Bertz CT molecular complexity index is 2160. The molecule has 338 valence electrons. The van der Waals surface area contributed by atoms with Crippen LogP contribution in [0.4, 0.5) is 10.5 Å². The first-order valence-corrected chi connectivity index (χ1v) is 23.8. The molecule has 1 saturated carbocycles. The van der Waals surface area contributed by atoms with Crippen LogP contribution in [0.15, 0.2) is 85.1 Å². The van der Waals surface area contributed by atoms with E-state index in [9.17, 15) is 14.7 Å². The molecule has 0 saturated heterocycles. The van der Waals surface area contributed by atoms with Gasteiger partial charge in [0.1, 0.15) is 22.6 Å². The molecule has 1 heterocycles. The van der Waals surface area contributed by atoms with E-state index in [-0.39, 0.29) is 17.4 Å². The van der Waals surface area contributed by atoms with Crippen molar-refractivity contribution in [2.45, 2.75) is 141 Å². The molecule has 0 bridgehead atoms. The largest absolute Gasteiger partial charge is 0.494 e. The third kappa shape index (κ3) is 11.5. The van der Waals surface area contributed by atoms with Crippen molar-refractivity contribution in [3.63, 3.8) is 0 Å². The van der Waals surface area contributed by atoms with Gasteiger partial charge in [0.05, 0.1) is 13.2 Å². The first kappa shape index (κ1) is 46.2. The highest BCUT2D eigenvalue weighted by atomic mass is 35.5. The predicted octanol–water partition coefficient (Wildman–Crippen LogP) is 12.2. The van der Waals surface area contributed by atoms with E-state index in [4.69, 9.17) is 25.8 Å². The van der Waals surface area contributed by atoms with E-state index in [0.29, 0.717) is 56.0 Å². The number of carboxylic acids is 1. The molecule has 3 aliphatic rings. The van der Waals surface area contributed by atoms with Crippen molar-refractivity contribution in [2.75, 3.05) is 31.6 Å². The molecule has 63 heavy (non-hydrogen) atoms. The van der Waals surface area contributed by atoms with Crippen LogP contribution in [0.5, 0.6) is 11.5 Å². The lowest BCUT2D eigenvalue weighted by atomic mass is 9.59. The van der Waals surface area contributed by atoms with E-state index >= 15 is 0 Å².